The van der Waals surface area contributed by atoms with Crippen LogP contribution in [0.3, 0.4) is 0 Å². The molecule has 0 aliphatic heterocycles. The first-order valence-corrected chi connectivity index (χ1v) is 10.4. The summed E-state index contributed by atoms with van der Waals surface area (Å²) in [6.45, 7) is 2.80. The maximum absolute atomic E-state index is 12.4. The van der Waals surface area contributed by atoms with Gasteiger partial charge in [-0.15, -0.1) is 0 Å². The zero-order valence-corrected chi connectivity index (χ0v) is 18.1. The molecule has 5 nitrogen and oxygen atoms in total. The number of carbonyl (C=O) groups is 2. The fourth-order valence-corrected chi connectivity index (χ4v) is 3.27. The van der Waals surface area contributed by atoms with Crippen molar-refractivity contribution in [3.8, 4) is 0 Å². The molecule has 3 aromatic rings. The summed E-state index contributed by atoms with van der Waals surface area (Å²) in [4.78, 5) is 26.6. The molecule has 3 rings (SSSR count). The summed E-state index contributed by atoms with van der Waals surface area (Å²) in [7, 11) is 0. The molecule has 0 atom stereocenters. The zero-order chi connectivity index (χ0) is 22.1. The Labute approximate surface area is 187 Å². The number of carbonyl (C=O) groups excluding carboxylic acids is 2. The smallest absolute Gasteiger partial charge is 0.320 e. The highest BCUT2D eigenvalue weighted by atomic mass is 35.5. The normalized spacial score (nSPS) is 10.7. The van der Waals surface area contributed by atoms with Gasteiger partial charge in [-0.3, -0.25) is 14.5 Å². The third-order valence-electron chi connectivity index (χ3n) is 4.67. The Bertz CT molecular complexity index is 968. The van der Waals surface area contributed by atoms with E-state index in [1.54, 1.807) is 12.1 Å². The van der Waals surface area contributed by atoms with Crippen LogP contribution in [0.1, 0.15) is 16.7 Å². The quantitative estimate of drug-likeness (QED) is 0.488. The summed E-state index contributed by atoms with van der Waals surface area (Å²) >= 11 is 6.07. The predicted octanol–water partition coefficient (Wildman–Crippen LogP) is 4.83. The Hall–Kier alpha value is -3.15. The van der Waals surface area contributed by atoms with Crippen molar-refractivity contribution in [3.05, 3.63) is 101 Å². The van der Waals surface area contributed by atoms with Crippen LogP contribution in [0.2, 0.25) is 5.02 Å². The Balaban J connectivity index is 1.54. The highest BCUT2D eigenvalue weighted by Crippen LogP contribution is 2.19. The molecular formula is C25H25ClN2O3. The molecule has 0 saturated carbocycles. The molecule has 0 aliphatic carbocycles. The first-order chi connectivity index (χ1) is 15.0. The summed E-state index contributed by atoms with van der Waals surface area (Å²) < 4.78 is 5.21. The molecule has 0 spiro atoms. The van der Waals surface area contributed by atoms with E-state index in [2.05, 4.69) is 5.32 Å². The van der Waals surface area contributed by atoms with Crippen LogP contribution in [0, 0.1) is 6.92 Å². The third-order valence-corrected chi connectivity index (χ3v) is 5.08. The van der Waals surface area contributed by atoms with Gasteiger partial charge in [-0.2, -0.15) is 0 Å². The van der Waals surface area contributed by atoms with Crippen LogP contribution in [-0.2, 0) is 27.4 Å². The van der Waals surface area contributed by atoms with Crippen LogP contribution in [-0.4, -0.2) is 29.9 Å². The largest absolute Gasteiger partial charge is 0.455 e. The molecule has 0 aromatic heterocycles. The topological polar surface area (TPSA) is 58.6 Å². The van der Waals surface area contributed by atoms with Crippen molar-refractivity contribution in [1.82, 2.24) is 4.90 Å². The van der Waals surface area contributed by atoms with Gasteiger partial charge in [0.05, 0.1) is 6.54 Å². The van der Waals surface area contributed by atoms with Crippen LogP contribution in [0.4, 0.5) is 5.69 Å². The lowest BCUT2D eigenvalue weighted by atomic mass is 10.1. The summed E-state index contributed by atoms with van der Waals surface area (Å²) in [5.74, 6) is -0.866. The van der Waals surface area contributed by atoms with Gasteiger partial charge in [-0.1, -0.05) is 78.3 Å². The molecule has 0 saturated heterocycles. The van der Waals surface area contributed by atoms with Crippen LogP contribution in [0.5, 0.6) is 0 Å². The standard InChI is InChI=1S/C25H25ClN2O3/c1-19-12-13-22(14-23(19)26)27-24(29)18-31-25(30)17-28(15-20-8-4-2-5-9-20)16-21-10-6-3-7-11-21/h2-14H,15-18H2,1H3,(H,27,29). The summed E-state index contributed by atoms with van der Waals surface area (Å²) in [6.07, 6.45) is 0. The lowest BCUT2D eigenvalue weighted by molar-refractivity contribution is -0.148. The second kappa shape index (κ2) is 11.3. The van der Waals surface area contributed by atoms with Gasteiger partial charge in [0.25, 0.3) is 5.91 Å². The van der Waals surface area contributed by atoms with Crippen molar-refractivity contribution in [3.63, 3.8) is 0 Å². The molecule has 6 heteroatoms. The van der Waals surface area contributed by atoms with Gasteiger partial charge < -0.3 is 10.1 Å². The molecule has 0 unspecified atom stereocenters. The van der Waals surface area contributed by atoms with Crippen molar-refractivity contribution in [1.29, 1.82) is 0 Å². The number of benzene rings is 3. The average molecular weight is 437 g/mol. The van der Waals surface area contributed by atoms with Gasteiger partial charge >= 0.3 is 5.97 Å². The number of ether oxygens (including phenoxy) is 1. The minimum Gasteiger partial charge on any atom is -0.455 e. The Morgan fingerprint density at radius 3 is 2.03 bits per heavy atom. The zero-order valence-electron chi connectivity index (χ0n) is 17.4. The van der Waals surface area contributed by atoms with Crippen molar-refractivity contribution >= 4 is 29.2 Å². The highest BCUT2D eigenvalue weighted by molar-refractivity contribution is 6.31. The second-order valence-electron chi connectivity index (χ2n) is 7.29. The molecule has 0 bridgehead atoms. The first-order valence-electron chi connectivity index (χ1n) is 10.0. The molecular weight excluding hydrogens is 412 g/mol. The van der Waals surface area contributed by atoms with E-state index >= 15 is 0 Å². The number of esters is 1. The molecule has 3 aromatic carbocycles. The van der Waals surface area contributed by atoms with E-state index in [1.165, 1.54) is 0 Å². The van der Waals surface area contributed by atoms with E-state index in [-0.39, 0.29) is 13.2 Å². The molecule has 1 N–H and O–H groups in total. The number of hydrogen-bond donors (Lipinski definition) is 1. The minimum atomic E-state index is -0.455. The highest BCUT2D eigenvalue weighted by Gasteiger charge is 2.15. The molecule has 1 amide bonds. The number of nitrogens with one attached hydrogen (secondary N) is 1. The molecule has 0 heterocycles. The van der Waals surface area contributed by atoms with Crippen LogP contribution in [0.25, 0.3) is 0 Å². The van der Waals surface area contributed by atoms with Gasteiger partial charge in [0.1, 0.15) is 0 Å². The Morgan fingerprint density at radius 2 is 1.48 bits per heavy atom. The van der Waals surface area contributed by atoms with E-state index in [4.69, 9.17) is 16.3 Å². The number of anilines is 1. The summed E-state index contributed by atoms with van der Waals surface area (Å²) in [6, 6.07) is 25.1. The van der Waals surface area contributed by atoms with E-state index in [1.807, 2.05) is 78.6 Å². The average Bonchev–Trinajstić information content (AvgIpc) is 2.76. The van der Waals surface area contributed by atoms with Gasteiger partial charge in [0.2, 0.25) is 0 Å². The maximum Gasteiger partial charge on any atom is 0.320 e. The number of nitrogens with zero attached hydrogens (tertiary/aromatic N) is 1. The number of rotatable bonds is 9. The fraction of sp³-hybridized carbons (Fsp3) is 0.200. The van der Waals surface area contributed by atoms with Gasteiger partial charge in [0.15, 0.2) is 6.61 Å². The Morgan fingerprint density at radius 1 is 0.903 bits per heavy atom. The number of hydrogen-bond acceptors (Lipinski definition) is 4. The van der Waals surface area contributed by atoms with Gasteiger partial charge in [0, 0.05) is 23.8 Å². The van der Waals surface area contributed by atoms with Gasteiger partial charge in [-0.05, 0) is 35.7 Å². The molecule has 0 fully saturated rings. The predicted molar refractivity (Wildman–Crippen MR) is 123 cm³/mol. The van der Waals surface area contributed by atoms with E-state index in [0.29, 0.717) is 23.8 Å². The molecule has 31 heavy (non-hydrogen) atoms. The summed E-state index contributed by atoms with van der Waals surface area (Å²) in [5, 5.41) is 3.25. The molecule has 0 radical (unpaired) electrons. The number of halogens is 1. The number of aryl methyl sites for hydroxylation is 1. The first kappa shape index (κ1) is 22.5. The van der Waals surface area contributed by atoms with Crippen molar-refractivity contribution in [2.75, 3.05) is 18.5 Å². The summed E-state index contributed by atoms with van der Waals surface area (Å²) in [5.41, 5.74) is 3.68. The van der Waals surface area contributed by atoms with Crippen molar-refractivity contribution in [2.45, 2.75) is 20.0 Å². The van der Waals surface area contributed by atoms with Crippen LogP contribution >= 0.6 is 11.6 Å². The fourth-order valence-electron chi connectivity index (χ4n) is 3.09. The van der Waals surface area contributed by atoms with E-state index in [0.717, 1.165) is 16.7 Å². The SMILES string of the molecule is Cc1ccc(NC(=O)COC(=O)CN(Cc2ccccc2)Cc2ccccc2)cc1Cl. The second-order valence-corrected chi connectivity index (χ2v) is 7.70. The third kappa shape index (κ3) is 7.55. The monoisotopic (exact) mass is 436 g/mol. The lowest BCUT2D eigenvalue weighted by Crippen LogP contribution is -2.32. The van der Waals surface area contributed by atoms with Crippen molar-refractivity contribution in [2.24, 2.45) is 0 Å². The van der Waals surface area contributed by atoms with Gasteiger partial charge in [-0.25, -0.2) is 0 Å². The molecule has 0 aliphatic rings. The van der Waals surface area contributed by atoms with Crippen LogP contribution in [0.15, 0.2) is 78.9 Å². The van der Waals surface area contributed by atoms with Crippen molar-refractivity contribution < 1.29 is 14.3 Å². The van der Waals surface area contributed by atoms with Crippen LogP contribution < -0.4 is 5.32 Å². The number of amides is 1. The molecule has 160 valence electrons. The minimum absolute atomic E-state index is 0.0768. The maximum atomic E-state index is 12.4. The lowest BCUT2D eigenvalue weighted by Gasteiger charge is -2.21. The van der Waals surface area contributed by atoms with E-state index < -0.39 is 11.9 Å². The van der Waals surface area contributed by atoms with E-state index in [9.17, 15) is 9.59 Å². The Kier molecular flexibility index (Phi) is 8.21.